The molecule has 0 spiro atoms. The van der Waals surface area contributed by atoms with Gasteiger partial charge in [0.1, 0.15) is 12.7 Å². The summed E-state index contributed by atoms with van der Waals surface area (Å²) in [5.74, 6) is 1.97. The van der Waals surface area contributed by atoms with Crippen molar-refractivity contribution >= 4 is 11.6 Å². The zero-order valence-corrected chi connectivity index (χ0v) is 19.4. The van der Waals surface area contributed by atoms with Crippen molar-refractivity contribution in [1.82, 2.24) is 10.2 Å². The van der Waals surface area contributed by atoms with Crippen LogP contribution < -0.4 is 19.7 Å². The molecule has 0 bridgehead atoms. The van der Waals surface area contributed by atoms with Gasteiger partial charge in [-0.1, -0.05) is 24.3 Å². The zero-order valence-electron chi connectivity index (χ0n) is 19.4. The average Bonchev–Trinajstić information content (AvgIpc) is 3.40. The summed E-state index contributed by atoms with van der Waals surface area (Å²) in [5, 5.41) is 3.72. The van der Waals surface area contributed by atoms with Gasteiger partial charge in [0.2, 0.25) is 5.91 Å². The van der Waals surface area contributed by atoms with Crippen molar-refractivity contribution in [3.63, 3.8) is 0 Å². The Kier molecular flexibility index (Phi) is 7.01. The van der Waals surface area contributed by atoms with Crippen molar-refractivity contribution < 1.29 is 14.3 Å². The first-order chi connectivity index (χ1) is 16.2. The molecule has 0 aromatic heterocycles. The van der Waals surface area contributed by atoms with Crippen LogP contribution >= 0.6 is 0 Å². The fraction of sp³-hybridized carbons (Fsp3) is 0.519. The Balaban J connectivity index is 1.02. The molecule has 33 heavy (non-hydrogen) atoms. The first-order valence-corrected chi connectivity index (χ1v) is 12.5. The van der Waals surface area contributed by atoms with Crippen LogP contribution in [0, 0.1) is 0 Å². The molecular weight excluding hydrogens is 414 g/mol. The minimum atomic E-state index is 0.114. The maximum Gasteiger partial charge on any atom is 0.226 e. The van der Waals surface area contributed by atoms with Crippen LogP contribution in [0.25, 0.3) is 0 Å². The van der Waals surface area contributed by atoms with Gasteiger partial charge < -0.3 is 24.6 Å². The molecule has 3 aliphatic heterocycles. The maximum absolute atomic E-state index is 12.4. The summed E-state index contributed by atoms with van der Waals surface area (Å²) in [6, 6.07) is 17.0. The highest BCUT2D eigenvalue weighted by Gasteiger charge is 2.23. The van der Waals surface area contributed by atoms with Gasteiger partial charge in [0.15, 0.2) is 11.5 Å². The smallest absolute Gasteiger partial charge is 0.226 e. The summed E-state index contributed by atoms with van der Waals surface area (Å²) in [4.78, 5) is 16.8. The molecule has 2 aromatic carbocycles. The van der Waals surface area contributed by atoms with Crippen LogP contribution in [0.3, 0.4) is 0 Å². The van der Waals surface area contributed by atoms with Crippen LogP contribution in [0.15, 0.2) is 48.5 Å². The number of hydrogen-bond donors (Lipinski definition) is 1. The predicted octanol–water partition coefficient (Wildman–Crippen LogP) is 3.64. The largest absolute Gasteiger partial charge is 0.486 e. The standard InChI is InChI=1S/C27H35N3O3/c31-27(30-15-3-4-16-30)19-21-7-9-23(10-8-21)29-17-12-22(13-18-29)28-14-11-24-20-32-25-5-1-2-6-26(25)33-24/h1-2,5-10,22,24,28H,3-4,11-20H2. The second-order valence-corrected chi connectivity index (χ2v) is 9.43. The lowest BCUT2D eigenvalue weighted by molar-refractivity contribution is -0.129. The predicted molar refractivity (Wildman–Crippen MR) is 130 cm³/mol. The lowest BCUT2D eigenvalue weighted by Gasteiger charge is -2.34. The van der Waals surface area contributed by atoms with Gasteiger partial charge in [-0.25, -0.2) is 0 Å². The van der Waals surface area contributed by atoms with E-state index >= 15 is 0 Å². The Morgan fingerprint density at radius 2 is 1.67 bits per heavy atom. The first kappa shape index (κ1) is 22.1. The van der Waals surface area contributed by atoms with Crippen molar-refractivity contribution in [2.45, 2.75) is 50.7 Å². The number of para-hydroxylation sites is 2. The van der Waals surface area contributed by atoms with Gasteiger partial charge in [-0.15, -0.1) is 0 Å². The summed E-state index contributed by atoms with van der Waals surface area (Å²) in [5.41, 5.74) is 2.38. The number of piperidine rings is 1. The average molecular weight is 450 g/mol. The van der Waals surface area contributed by atoms with Crippen molar-refractivity contribution in [1.29, 1.82) is 0 Å². The topological polar surface area (TPSA) is 54.0 Å². The fourth-order valence-corrected chi connectivity index (χ4v) is 5.07. The summed E-state index contributed by atoms with van der Waals surface area (Å²) >= 11 is 0. The molecule has 2 saturated heterocycles. The number of nitrogens with one attached hydrogen (secondary N) is 1. The van der Waals surface area contributed by atoms with Gasteiger partial charge in [0.05, 0.1) is 6.42 Å². The number of hydrogen-bond acceptors (Lipinski definition) is 5. The second kappa shape index (κ2) is 10.5. The zero-order chi connectivity index (χ0) is 22.5. The number of rotatable bonds is 7. The lowest BCUT2D eigenvalue weighted by Crippen LogP contribution is -2.44. The van der Waals surface area contributed by atoms with Crippen LogP contribution in [0.5, 0.6) is 11.5 Å². The number of carbonyl (C=O) groups excluding carboxylic acids is 1. The van der Waals surface area contributed by atoms with Crippen molar-refractivity contribution in [2.75, 3.05) is 44.2 Å². The molecule has 0 radical (unpaired) electrons. The molecule has 176 valence electrons. The summed E-state index contributed by atoms with van der Waals surface area (Å²) < 4.78 is 11.9. The molecule has 3 heterocycles. The number of ether oxygens (including phenoxy) is 2. The Hall–Kier alpha value is -2.73. The molecule has 3 aliphatic rings. The molecule has 5 rings (SSSR count). The third kappa shape index (κ3) is 5.61. The normalized spacial score (nSPS) is 20.8. The Morgan fingerprint density at radius 3 is 2.42 bits per heavy atom. The van der Waals surface area contributed by atoms with E-state index in [0.717, 1.165) is 81.9 Å². The van der Waals surface area contributed by atoms with E-state index in [0.29, 0.717) is 19.1 Å². The van der Waals surface area contributed by atoms with Gasteiger partial charge in [-0.2, -0.15) is 0 Å². The fourth-order valence-electron chi connectivity index (χ4n) is 5.07. The van der Waals surface area contributed by atoms with E-state index in [-0.39, 0.29) is 12.0 Å². The van der Waals surface area contributed by atoms with E-state index in [2.05, 4.69) is 34.5 Å². The number of carbonyl (C=O) groups is 1. The molecule has 0 aliphatic carbocycles. The van der Waals surface area contributed by atoms with E-state index in [1.54, 1.807) is 0 Å². The molecule has 2 aromatic rings. The Labute approximate surface area is 196 Å². The minimum absolute atomic E-state index is 0.114. The molecule has 0 saturated carbocycles. The van der Waals surface area contributed by atoms with E-state index < -0.39 is 0 Å². The van der Waals surface area contributed by atoms with Gasteiger partial charge >= 0.3 is 0 Å². The number of nitrogens with zero attached hydrogens (tertiary/aromatic N) is 2. The molecule has 1 amide bonds. The van der Waals surface area contributed by atoms with Crippen LogP contribution in [0.1, 0.15) is 37.7 Å². The molecule has 1 N–H and O–H groups in total. The molecule has 2 fully saturated rings. The number of fused-ring (bicyclic) bond motifs is 1. The van der Waals surface area contributed by atoms with Crippen LogP contribution in [0.4, 0.5) is 5.69 Å². The molecule has 6 nitrogen and oxygen atoms in total. The van der Waals surface area contributed by atoms with E-state index in [1.807, 2.05) is 29.2 Å². The summed E-state index contributed by atoms with van der Waals surface area (Å²) in [6.07, 6.45) is 6.16. The monoisotopic (exact) mass is 449 g/mol. The lowest BCUT2D eigenvalue weighted by atomic mass is 10.0. The number of amides is 1. The third-order valence-electron chi connectivity index (χ3n) is 7.08. The maximum atomic E-state index is 12.4. The highest BCUT2D eigenvalue weighted by atomic mass is 16.6. The molecule has 1 atom stereocenters. The van der Waals surface area contributed by atoms with Crippen LogP contribution in [-0.4, -0.2) is 62.3 Å². The van der Waals surface area contributed by atoms with E-state index in [1.165, 1.54) is 5.69 Å². The van der Waals surface area contributed by atoms with E-state index in [9.17, 15) is 4.79 Å². The van der Waals surface area contributed by atoms with Crippen LogP contribution in [-0.2, 0) is 11.2 Å². The van der Waals surface area contributed by atoms with Crippen LogP contribution in [0.2, 0.25) is 0 Å². The van der Waals surface area contributed by atoms with Gasteiger partial charge in [-0.05, 0) is 62.1 Å². The minimum Gasteiger partial charge on any atom is -0.486 e. The molecule has 1 unspecified atom stereocenters. The first-order valence-electron chi connectivity index (χ1n) is 12.5. The number of anilines is 1. The number of likely N-dealkylation sites (tertiary alicyclic amines) is 1. The van der Waals surface area contributed by atoms with Gasteiger partial charge in [-0.3, -0.25) is 4.79 Å². The van der Waals surface area contributed by atoms with E-state index in [4.69, 9.17) is 9.47 Å². The SMILES string of the molecule is O=C(Cc1ccc(N2CCC(NCCC3COc4ccccc4O3)CC2)cc1)N1CCCC1. The third-order valence-corrected chi connectivity index (χ3v) is 7.08. The Bertz CT molecular complexity index is 918. The highest BCUT2D eigenvalue weighted by molar-refractivity contribution is 5.79. The van der Waals surface area contributed by atoms with Crippen molar-refractivity contribution in [2.24, 2.45) is 0 Å². The summed E-state index contributed by atoms with van der Waals surface area (Å²) in [6.45, 7) is 5.53. The quantitative estimate of drug-likeness (QED) is 0.700. The van der Waals surface area contributed by atoms with Gasteiger partial charge in [0.25, 0.3) is 0 Å². The summed E-state index contributed by atoms with van der Waals surface area (Å²) in [7, 11) is 0. The number of benzene rings is 2. The Morgan fingerprint density at radius 1 is 0.939 bits per heavy atom. The van der Waals surface area contributed by atoms with Crippen molar-refractivity contribution in [3.8, 4) is 11.5 Å². The second-order valence-electron chi connectivity index (χ2n) is 9.43. The molecule has 6 heteroatoms. The van der Waals surface area contributed by atoms with Gasteiger partial charge in [0, 0.05) is 44.3 Å². The van der Waals surface area contributed by atoms with Crippen molar-refractivity contribution in [3.05, 3.63) is 54.1 Å². The highest BCUT2D eigenvalue weighted by Crippen LogP contribution is 2.31. The molecular formula is C27H35N3O3.